The number of nitrogens with zero attached hydrogens (tertiary/aromatic N) is 4. The van der Waals surface area contributed by atoms with Crippen molar-refractivity contribution in [2.75, 3.05) is 12.3 Å². The molecule has 1 saturated heterocycles. The van der Waals surface area contributed by atoms with Crippen LogP contribution in [0, 0.1) is 5.92 Å². The molecule has 3 heterocycles. The molecular formula is C18H20F3N5O5. The zero-order valence-electron chi connectivity index (χ0n) is 16.3. The van der Waals surface area contributed by atoms with Gasteiger partial charge in [0, 0.05) is 18.8 Å². The molecule has 1 aliphatic heterocycles. The van der Waals surface area contributed by atoms with E-state index >= 15 is 0 Å². The van der Waals surface area contributed by atoms with Crippen LogP contribution in [0.4, 0.5) is 19.0 Å². The molecule has 2 atom stereocenters. The molecule has 0 saturated carbocycles. The summed E-state index contributed by atoms with van der Waals surface area (Å²) in [5.74, 6) is -3.76. The predicted octanol–water partition coefficient (Wildman–Crippen LogP) is 1.81. The number of likely N-dealkylation sites (tertiary alicyclic amines) is 1. The number of hydrogen-bond donors (Lipinski definition) is 3. The van der Waals surface area contributed by atoms with Crippen LogP contribution in [-0.4, -0.2) is 66.5 Å². The number of rotatable bonds is 3. The number of alkyl halides is 3. The monoisotopic (exact) mass is 443 g/mol. The molecule has 13 heteroatoms. The number of carbonyl (C=O) groups is 3. The number of carbonyl (C=O) groups excluding carboxylic acids is 1. The van der Waals surface area contributed by atoms with Gasteiger partial charge in [-0.25, -0.2) is 9.78 Å². The summed E-state index contributed by atoms with van der Waals surface area (Å²) in [5.41, 5.74) is 6.34. The molecular weight excluding hydrogens is 423 g/mol. The lowest BCUT2D eigenvalue weighted by molar-refractivity contribution is -0.192. The molecule has 2 aromatic heterocycles. The summed E-state index contributed by atoms with van der Waals surface area (Å²) in [6.07, 6.45) is -0.842. The van der Waals surface area contributed by atoms with Gasteiger partial charge in [0.05, 0.1) is 12.1 Å². The van der Waals surface area contributed by atoms with Crippen LogP contribution in [0.25, 0.3) is 5.82 Å². The van der Waals surface area contributed by atoms with E-state index in [9.17, 15) is 27.9 Å². The summed E-state index contributed by atoms with van der Waals surface area (Å²) in [7, 11) is 0. The van der Waals surface area contributed by atoms with Crippen molar-refractivity contribution in [2.24, 2.45) is 5.92 Å². The van der Waals surface area contributed by atoms with E-state index in [0.717, 1.165) is 0 Å². The summed E-state index contributed by atoms with van der Waals surface area (Å²) >= 11 is 0. The summed E-state index contributed by atoms with van der Waals surface area (Å²) in [6, 6.07) is 5.28. The van der Waals surface area contributed by atoms with Crippen molar-refractivity contribution < 1.29 is 37.8 Å². The second kappa shape index (κ2) is 9.45. The van der Waals surface area contributed by atoms with E-state index in [2.05, 4.69) is 10.1 Å². The number of carboxylic acid groups (broad SMARTS) is 2. The Morgan fingerprint density at radius 2 is 1.84 bits per heavy atom. The Balaban J connectivity index is 0.000000423. The van der Waals surface area contributed by atoms with Crippen molar-refractivity contribution in [3.8, 4) is 5.82 Å². The maximum atomic E-state index is 12.8. The zero-order chi connectivity index (χ0) is 23.3. The third-order valence-corrected chi connectivity index (χ3v) is 4.64. The molecule has 2 aromatic rings. The average Bonchev–Trinajstić information content (AvgIpc) is 3.09. The van der Waals surface area contributed by atoms with E-state index in [1.54, 1.807) is 29.3 Å². The van der Waals surface area contributed by atoms with Crippen molar-refractivity contribution in [1.29, 1.82) is 0 Å². The van der Waals surface area contributed by atoms with Gasteiger partial charge in [-0.15, -0.1) is 0 Å². The Bertz CT molecular complexity index is 948. The highest BCUT2D eigenvalue weighted by molar-refractivity contribution is 5.99. The number of amides is 1. The quantitative estimate of drug-likeness (QED) is 0.650. The minimum atomic E-state index is -5.08. The maximum Gasteiger partial charge on any atom is 0.490 e. The summed E-state index contributed by atoms with van der Waals surface area (Å²) in [5, 5.41) is 20.5. The summed E-state index contributed by atoms with van der Waals surface area (Å²) in [6.45, 7) is 2.10. The molecule has 168 valence electrons. The molecule has 31 heavy (non-hydrogen) atoms. The largest absolute Gasteiger partial charge is 0.490 e. The minimum absolute atomic E-state index is 0.0364. The number of piperidine rings is 1. The molecule has 1 aliphatic rings. The summed E-state index contributed by atoms with van der Waals surface area (Å²) < 4.78 is 33.1. The fraction of sp³-hybridized carbons (Fsp3) is 0.389. The van der Waals surface area contributed by atoms with Gasteiger partial charge >= 0.3 is 18.1 Å². The number of carboxylic acids is 2. The van der Waals surface area contributed by atoms with Crippen molar-refractivity contribution in [1.82, 2.24) is 19.7 Å². The average molecular weight is 443 g/mol. The van der Waals surface area contributed by atoms with Gasteiger partial charge in [0.25, 0.3) is 5.91 Å². The van der Waals surface area contributed by atoms with Crippen LogP contribution in [0.15, 0.2) is 30.6 Å². The van der Waals surface area contributed by atoms with Gasteiger partial charge in [0.15, 0.2) is 5.82 Å². The molecule has 1 amide bonds. The fourth-order valence-electron chi connectivity index (χ4n) is 2.93. The van der Waals surface area contributed by atoms with Gasteiger partial charge in [-0.1, -0.05) is 6.07 Å². The highest BCUT2D eigenvalue weighted by Gasteiger charge is 2.38. The van der Waals surface area contributed by atoms with Crippen LogP contribution < -0.4 is 5.73 Å². The van der Waals surface area contributed by atoms with Gasteiger partial charge in [-0.2, -0.15) is 23.0 Å². The Kier molecular flexibility index (Phi) is 7.20. The first-order valence-electron chi connectivity index (χ1n) is 9.02. The van der Waals surface area contributed by atoms with Gasteiger partial charge in [0.1, 0.15) is 11.4 Å². The molecule has 10 nitrogen and oxygen atoms in total. The van der Waals surface area contributed by atoms with Crippen molar-refractivity contribution in [2.45, 2.75) is 32.0 Å². The Labute approximate surface area is 174 Å². The number of pyridine rings is 1. The Morgan fingerprint density at radius 1 is 1.19 bits per heavy atom. The summed E-state index contributed by atoms with van der Waals surface area (Å²) in [4.78, 5) is 38.7. The first kappa shape index (κ1) is 23.6. The van der Waals surface area contributed by atoms with Crippen LogP contribution >= 0.6 is 0 Å². The zero-order valence-corrected chi connectivity index (χ0v) is 16.3. The first-order chi connectivity index (χ1) is 14.4. The predicted molar refractivity (Wildman–Crippen MR) is 100 cm³/mol. The standard InChI is InChI=1S/C16H19N5O3.C2HF3O2/c1-10-5-6-11(16(23)24)9-20(10)15(22)12-8-19-21(14(12)17)13-4-2-3-7-18-13;3-2(4,5)1(6)7/h2-4,7-8,10-11H,5-6,9,17H2,1H3,(H,23,24);(H,6,7). The van der Waals surface area contributed by atoms with Gasteiger partial charge in [-0.05, 0) is 31.9 Å². The lowest BCUT2D eigenvalue weighted by Crippen LogP contribution is -2.47. The molecule has 4 N–H and O–H groups in total. The van der Waals surface area contributed by atoms with E-state index < -0.39 is 24.0 Å². The highest BCUT2D eigenvalue weighted by atomic mass is 19.4. The normalized spacial score (nSPS) is 18.6. The third kappa shape index (κ3) is 5.71. The lowest BCUT2D eigenvalue weighted by atomic mass is 9.93. The van der Waals surface area contributed by atoms with E-state index in [1.807, 2.05) is 6.92 Å². The van der Waals surface area contributed by atoms with Crippen LogP contribution in [0.2, 0.25) is 0 Å². The smallest absolute Gasteiger partial charge is 0.481 e. The topological polar surface area (TPSA) is 152 Å². The Morgan fingerprint density at radius 3 is 2.35 bits per heavy atom. The number of nitrogens with two attached hydrogens (primary N) is 1. The van der Waals surface area contributed by atoms with E-state index in [-0.39, 0.29) is 29.9 Å². The SMILES string of the molecule is CC1CCC(C(=O)O)CN1C(=O)c1cnn(-c2ccccn2)c1N.O=C(O)C(F)(F)F. The molecule has 0 radical (unpaired) electrons. The molecule has 0 bridgehead atoms. The number of aromatic nitrogens is 3. The second-order valence-electron chi connectivity index (χ2n) is 6.77. The molecule has 0 aromatic carbocycles. The van der Waals surface area contributed by atoms with Crippen molar-refractivity contribution in [3.63, 3.8) is 0 Å². The van der Waals surface area contributed by atoms with Crippen LogP contribution in [0.5, 0.6) is 0 Å². The molecule has 2 unspecified atom stereocenters. The molecule has 0 aliphatic carbocycles. The number of halogens is 3. The van der Waals surface area contributed by atoms with Gasteiger partial charge in [-0.3, -0.25) is 9.59 Å². The highest BCUT2D eigenvalue weighted by Crippen LogP contribution is 2.26. The number of aliphatic carboxylic acids is 2. The third-order valence-electron chi connectivity index (χ3n) is 4.64. The van der Waals surface area contributed by atoms with E-state index in [4.69, 9.17) is 15.6 Å². The maximum absolute atomic E-state index is 12.8. The van der Waals surface area contributed by atoms with Crippen molar-refractivity contribution >= 4 is 23.7 Å². The van der Waals surface area contributed by atoms with Crippen molar-refractivity contribution in [3.05, 3.63) is 36.2 Å². The fourth-order valence-corrected chi connectivity index (χ4v) is 2.93. The van der Waals surface area contributed by atoms with Gasteiger partial charge < -0.3 is 20.8 Å². The Hall–Kier alpha value is -3.64. The molecule has 1 fully saturated rings. The number of hydrogen-bond acceptors (Lipinski definition) is 6. The van der Waals surface area contributed by atoms with Gasteiger partial charge in [0.2, 0.25) is 0 Å². The lowest BCUT2D eigenvalue weighted by Gasteiger charge is -2.36. The minimum Gasteiger partial charge on any atom is -0.481 e. The second-order valence-corrected chi connectivity index (χ2v) is 6.77. The molecule has 0 spiro atoms. The molecule has 3 rings (SSSR count). The van der Waals surface area contributed by atoms with Crippen LogP contribution in [0.1, 0.15) is 30.1 Å². The van der Waals surface area contributed by atoms with E-state index in [0.29, 0.717) is 18.7 Å². The number of nitrogen functional groups attached to an aromatic ring is 1. The first-order valence-corrected chi connectivity index (χ1v) is 9.02. The van der Waals surface area contributed by atoms with E-state index in [1.165, 1.54) is 10.9 Å². The van der Waals surface area contributed by atoms with Crippen LogP contribution in [-0.2, 0) is 9.59 Å². The van der Waals surface area contributed by atoms with Crippen LogP contribution in [0.3, 0.4) is 0 Å². The number of anilines is 1.